The van der Waals surface area contributed by atoms with Gasteiger partial charge in [0.25, 0.3) is 10.0 Å². The molecule has 0 radical (unpaired) electrons. The molecule has 0 saturated carbocycles. The van der Waals surface area contributed by atoms with E-state index in [1.54, 1.807) is 54.6 Å². The van der Waals surface area contributed by atoms with Crippen LogP contribution in [0.1, 0.15) is 11.1 Å². The quantitative estimate of drug-likeness (QED) is 0.378. The van der Waals surface area contributed by atoms with E-state index in [0.717, 1.165) is 5.56 Å². The lowest BCUT2D eigenvalue weighted by molar-refractivity contribution is 0.598. The topological polar surface area (TPSA) is 58.5 Å². The molecule has 3 aromatic carbocycles. The third-order valence-corrected chi connectivity index (χ3v) is 5.94. The van der Waals surface area contributed by atoms with Gasteiger partial charge < -0.3 is 5.32 Å². The summed E-state index contributed by atoms with van der Waals surface area (Å²) in [6.45, 7) is 1.88. The summed E-state index contributed by atoms with van der Waals surface area (Å²) in [5.74, 6) is 0.0985. The van der Waals surface area contributed by atoms with Crippen molar-refractivity contribution in [3.8, 4) is 0 Å². The Morgan fingerprint density at radius 2 is 1.46 bits per heavy atom. The van der Waals surface area contributed by atoms with Gasteiger partial charge in [0.2, 0.25) is 0 Å². The monoisotopic (exact) mass is 452 g/mol. The fraction of sp³-hybridized carbons (Fsp3) is 0.0500. The molecule has 0 bridgehead atoms. The lowest BCUT2D eigenvalue weighted by atomic mass is 10.2. The van der Waals surface area contributed by atoms with Crippen LogP contribution in [0, 0.1) is 6.92 Å². The smallest absolute Gasteiger partial charge is 0.284 e. The maximum atomic E-state index is 12.8. The summed E-state index contributed by atoms with van der Waals surface area (Å²) in [5, 5.41) is 4.31. The summed E-state index contributed by atoms with van der Waals surface area (Å²) in [7, 11) is -3.96. The minimum Gasteiger partial charge on any atom is -0.338 e. The van der Waals surface area contributed by atoms with Crippen molar-refractivity contribution >= 4 is 56.3 Å². The molecule has 4 nitrogen and oxygen atoms in total. The maximum absolute atomic E-state index is 12.8. The molecule has 1 N–H and O–H groups in total. The molecule has 3 aromatic rings. The van der Waals surface area contributed by atoms with Gasteiger partial charge in [-0.15, -0.1) is 4.40 Å². The second kappa shape index (κ2) is 8.53. The van der Waals surface area contributed by atoms with Gasteiger partial charge in [-0.3, -0.25) is 0 Å². The van der Waals surface area contributed by atoms with Crippen LogP contribution in [0.3, 0.4) is 0 Å². The number of sulfonamides is 1. The molecular formula is C20H15Cl3N2O2S. The largest absolute Gasteiger partial charge is 0.338 e. The molecule has 0 saturated heterocycles. The predicted octanol–water partition coefficient (Wildman–Crippen LogP) is 6.20. The van der Waals surface area contributed by atoms with Crippen LogP contribution in [0.4, 0.5) is 5.69 Å². The Morgan fingerprint density at radius 1 is 0.857 bits per heavy atom. The van der Waals surface area contributed by atoms with Crippen LogP contribution < -0.4 is 5.32 Å². The first-order chi connectivity index (χ1) is 13.2. The first kappa shape index (κ1) is 20.7. The normalized spacial score (nSPS) is 12.1. The highest BCUT2D eigenvalue weighted by molar-refractivity contribution is 7.90. The van der Waals surface area contributed by atoms with E-state index in [-0.39, 0.29) is 10.7 Å². The van der Waals surface area contributed by atoms with E-state index in [0.29, 0.717) is 26.3 Å². The number of aryl methyl sites for hydroxylation is 1. The number of hydrogen-bond acceptors (Lipinski definition) is 2. The molecular weight excluding hydrogens is 439 g/mol. The van der Waals surface area contributed by atoms with Crippen LogP contribution in [0.25, 0.3) is 0 Å². The van der Waals surface area contributed by atoms with E-state index in [4.69, 9.17) is 34.8 Å². The highest BCUT2D eigenvalue weighted by Crippen LogP contribution is 2.27. The van der Waals surface area contributed by atoms with Gasteiger partial charge in [0.1, 0.15) is 0 Å². The van der Waals surface area contributed by atoms with Crippen LogP contribution in [0.2, 0.25) is 15.1 Å². The van der Waals surface area contributed by atoms with Crippen LogP contribution in [-0.2, 0) is 10.0 Å². The summed E-state index contributed by atoms with van der Waals surface area (Å²) in [4.78, 5) is 0.0866. The molecule has 0 atom stereocenters. The number of halogens is 3. The Hall–Kier alpha value is -2.05. The van der Waals surface area contributed by atoms with Gasteiger partial charge in [0.05, 0.1) is 15.6 Å². The number of nitrogens with zero attached hydrogens (tertiary/aromatic N) is 1. The fourth-order valence-electron chi connectivity index (χ4n) is 2.36. The van der Waals surface area contributed by atoms with Gasteiger partial charge in [-0.25, -0.2) is 0 Å². The minimum atomic E-state index is -3.96. The summed E-state index contributed by atoms with van der Waals surface area (Å²) < 4.78 is 29.7. The molecule has 0 spiro atoms. The number of nitrogens with one attached hydrogen (secondary N) is 1. The maximum Gasteiger partial charge on any atom is 0.284 e. The van der Waals surface area contributed by atoms with Crippen molar-refractivity contribution in [2.75, 3.05) is 5.32 Å². The third-order valence-electron chi connectivity index (χ3n) is 3.83. The summed E-state index contributed by atoms with van der Waals surface area (Å²) >= 11 is 18.2. The van der Waals surface area contributed by atoms with E-state index < -0.39 is 10.0 Å². The zero-order valence-electron chi connectivity index (χ0n) is 14.7. The first-order valence-corrected chi connectivity index (χ1v) is 10.7. The standard InChI is InChI=1S/C20H15Cl3N2O2S/c1-13-2-9-17(10-3-13)28(26,27)25-20(14-4-6-15(21)7-5-14)24-19-12-16(22)8-11-18(19)23/h2-12H,1H3,(H,24,25). The molecule has 0 unspecified atom stereocenters. The summed E-state index contributed by atoms with van der Waals surface area (Å²) in [6.07, 6.45) is 0. The molecule has 0 aliphatic rings. The van der Waals surface area contributed by atoms with Crippen LogP contribution in [-0.4, -0.2) is 14.3 Å². The number of rotatable bonds is 4. The molecule has 0 amide bonds. The summed E-state index contributed by atoms with van der Waals surface area (Å²) in [5.41, 5.74) is 1.91. The van der Waals surface area contributed by atoms with Gasteiger partial charge in [-0.1, -0.05) is 52.5 Å². The molecule has 0 heterocycles. The zero-order chi connectivity index (χ0) is 20.3. The lowest BCUT2D eigenvalue weighted by Gasteiger charge is -2.12. The Balaban J connectivity index is 2.09. The van der Waals surface area contributed by atoms with E-state index in [2.05, 4.69) is 9.71 Å². The van der Waals surface area contributed by atoms with E-state index >= 15 is 0 Å². The van der Waals surface area contributed by atoms with Gasteiger partial charge in [0.15, 0.2) is 5.84 Å². The van der Waals surface area contributed by atoms with Gasteiger partial charge >= 0.3 is 0 Å². The average molecular weight is 454 g/mol. The van der Waals surface area contributed by atoms with E-state index in [1.165, 1.54) is 12.1 Å². The number of anilines is 1. The van der Waals surface area contributed by atoms with E-state index in [9.17, 15) is 8.42 Å². The second-order valence-corrected chi connectivity index (χ2v) is 8.87. The molecule has 144 valence electrons. The summed E-state index contributed by atoms with van der Waals surface area (Å²) in [6, 6.07) is 17.9. The highest BCUT2D eigenvalue weighted by atomic mass is 35.5. The second-order valence-electron chi connectivity index (χ2n) is 5.98. The SMILES string of the molecule is Cc1ccc(S(=O)(=O)N=C(Nc2cc(Cl)ccc2Cl)c2ccc(Cl)cc2)cc1. The van der Waals surface area contributed by atoms with Crippen molar-refractivity contribution in [3.05, 3.63) is 92.9 Å². The average Bonchev–Trinajstić information content (AvgIpc) is 2.65. The Kier molecular flexibility index (Phi) is 6.30. The van der Waals surface area contributed by atoms with Crippen molar-refractivity contribution in [1.29, 1.82) is 0 Å². The van der Waals surface area contributed by atoms with Crippen molar-refractivity contribution in [2.45, 2.75) is 11.8 Å². The van der Waals surface area contributed by atoms with Crippen molar-refractivity contribution < 1.29 is 8.42 Å². The number of amidine groups is 1. The molecule has 0 aromatic heterocycles. The van der Waals surface area contributed by atoms with Crippen LogP contribution in [0.5, 0.6) is 0 Å². The van der Waals surface area contributed by atoms with Crippen LogP contribution >= 0.6 is 34.8 Å². The van der Waals surface area contributed by atoms with Gasteiger partial charge in [0, 0.05) is 15.6 Å². The Labute approximate surface area is 178 Å². The number of hydrogen-bond donors (Lipinski definition) is 1. The van der Waals surface area contributed by atoms with Crippen LogP contribution in [0.15, 0.2) is 76.0 Å². The first-order valence-electron chi connectivity index (χ1n) is 8.14. The van der Waals surface area contributed by atoms with Crippen molar-refractivity contribution in [1.82, 2.24) is 0 Å². The fourth-order valence-corrected chi connectivity index (χ4v) is 3.80. The molecule has 3 rings (SSSR count). The predicted molar refractivity (Wildman–Crippen MR) is 116 cm³/mol. The van der Waals surface area contributed by atoms with Crippen molar-refractivity contribution in [3.63, 3.8) is 0 Å². The molecule has 0 fully saturated rings. The Bertz CT molecular complexity index is 1130. The van der Waals surface area contributed by atoms with Gasteiger partial charge in [-0.05, 0) is 61.5 Å². The van der Waals surface area contributed by atoms with Gasteiger partial charge in [-0.2, -0.15) is 8.42 Å². The molecule has 8 heteroatoms. The van der Waals surface area contributed by atoms with E-state index in [1.807, 2.05) is 6.92 Å². The third kappa shape index (κ3) is 5.06. The van der Waals surface area contributed by atoms with Crippen molar-refractivity contribution in [2.24, 2.45) is 4.40 Å². The highest BCUT2D eigenvalue weighted by Gasteiger charge is 2.17. The molecule has 28 heavy (non-hydrogen) atoms. The molecule has 0 aliphatic carbocycles. The number of benzene rings is 3. The minimum absolute atomic E-state index is 0.0866. The lowest BCUT2D eigenvalue weighted by Crippen LogP contribution is -2.16. The molecule has 0 aliphatic heterocycles. The zero-order valence-corrected chi connectivity index (χ0v) is 17.7. The Morgan fingerprint density at radius 3 is 2.11 bits per heavy atom.